The van der Waals surface area contributed by atoms with E-state index in [0.717, 1.165) is 11.1 Å². The SMILES string of the molecule is CCOC(=O)c1cc(-c2ccc(C)cc2F)c2c(n1)COCC2. The third kappa shape index (κ3) is 3.10. The molecule has 3 rings (SSSR count). The van der Waals surface area contributed by atoms with E-state index in [1.165, 1.54) is 6.07 Å². The number of carbonyl (C=O) groups is 1. The summed E-state index contributed by atoms with van der Waals surface area (Å²) >= 11 is 0. The van der Waals surface area contributed by atoms with Crippen LogP contribution in [-0.4, -0.2) is 24.2 Å². The fourth-order valence-electron chi connectivity index (χ4n) is 2.75. The Morgan fingerprint density at radius 2 is 2.17 bits per heavy atom. The maximum Gasteiger partial charge on any atom is 0.356 e. The van der Waals surface area contributed by atoms with Crippen LogP contribution in [0.4, 0.5) is 4.39 Å². The van der Waals surface area contributed by atoms with Crippen molar-refractivity contribution in [1.29, 1.82) is 0 Å². The first-order chi connectivity index (χ1) is 11.1. The molecule has 0 unspecified atom stereocenters. The summed E-state index contributed by atoms with van der Waals surface area (Å²) in [5, 5.41) is 0. The Bertz CT molecular complexity index is 758. The molecule has 1 aromatic carbocycles. The van der Waals surface area contributed by atoms with Gasteiger partial charge >= 0.3 is 5.97 Å². The van der Waals surface area contributed by atoms with Gasteiger partial charge < -0.3 is 9.47 Å². The van der Waals surface area contributed by atoms with Crippen molar-refractivity contribution in [2.75, 3.05) is 13.2 Å². The maximum absolute atomic E-state index is 14.4. The minimum absolute atomic E-state index is 0.186. The van der Waals surface area contributed by atoms with Gasteiger partial charge in [0.1, 0.15) is 11.5 Å². The van der Waals surface area contributed by atoms with Crippen molar-refractivity contribution in [3.8, 4) is 11.1 Å². The predicted octanol–water partition coefficient (Wildman–Crippen LogP) is 3.45. The summed E-state index contributed by atoms with van der Waals surface area (Å²) in [4.78, 5) is 16.4. The van der Waals surface area contributed by atoms with Crippen LogP contribution in [0.2, 0.25) is 0 Å². The van der Waals surface area contributed by atoms with Gasteiger partial charge in [-0.25, -0.2) is 14.2 Å². The Morgan fingerprint density at radius 1 is 1.35 bits per heavy atom. The number of esters is 1. The number of hydrogen-bond acceptors (Lipinski definition) is 4. The minimum Gasteiger partial charge on any atom is -0.461 e. The largest absolute Gasteiger partial charge is 0.461 e. The number of pyridine rings is 1. The fraction of sp³-hybridized carbons (Fsp3) is 0.333. The van der Waals surface area contributed by atoms with E-state index >= 15 is 0 Å². The molecule has 23 heavy (non-hydrogen) atoms. The third-order valence-electron chi connectivity index (χ3n) is 3.84. The number of aryl methyl sites for hydroxylation is 1. The van der Waals surface area contributed by atoms with Crippen molar-refractivity contribution in [3.05, 3.63) is 52.6 Å². The number of nitrogens with zero attached hydrogens (tertiary/aromatic N) is 1. The van der Waals surface area contributed by atoms with E-state index in [1.54, 1.807) is 19.1 Å². The molecule has 0 amide bonds. The molecule has 0 spiro atoms. The van der Waals surface area contributed by atoms with Crippen LogP contribution in [0.15, 0.2) is 24.3 Å². The van der Waals surface area contributed by atoms with Crippen molar-refractivity contribution in [3.63, 3.8) is 0 Å². The van der Waals surface area contributed by atoms with Gasteiger partial charge in [0.25, 0.3) is 0 Å². The standard InChI is InChI=1S/C18H18FNO3/c1-3-23-18(21)16-9-14(12-5-4-11(2)8-15(12)19)13-6-7-22-10-17(13)20-16/h4-5,8-9H,3,6-7,10H2,1-2H3. The summed E-state index contributed by atoms with van der Waals surface area (Å²) in [6, 6.07) is 6.71. The summed E-state index contributed by atoms with van der Waals surface area (Å²) in [6.07, 6.45) is 0.647. The van der Waals surface area contributed by atoms with E-state index in [9.17, 15) is 9.18 Å². The number of aromatic nitrogens is 1. The van der Waals surface area contributed by atoms with E-state index in [1.807, 2.05) is 13.0 Å². The molecule has 2 aromatic rings. The maximum atomic E-state index is 14.4. The first-order valence-corrected chi connectivity index (χ1v) is 7.64. The van der Waals surface area contributed by atoms with E-state index in [0.29, 0.717) is 36.5 Å². The highest BCUT2D eigenvalue weighted by Crippen LogP contribution is 2.32. The Hall–Kier alpha value is -2.27. The van der Waals surface area contributed by atoms with Gasteiger partial charge in [0.05, 0.1) is 25.5 Å². The molecule has 5 heteroatoms. The lowest BCUT2D eigenvalue weighted by Gasteiger charge is -2.20. The van der Waals surface area contributed by atoms with Gasteiger partial charge in [0.2, 0.25) is 0 Å². The summed E-state index contributed by atoms with van der Waals surface area (Å²) in [7, 11) is 0. The number of ether oxygens (including phenoxy) is 2. The Morgan fingerprint density at radius 3 is 2.91 bits per heavy atom. The molecule has 1 aliphatic rings. The van der Waals surface area contributed by atoms with Gasteiger partial charge in [-0.05, 0) is 49.1 Å². The highest BCUT2D eigenvalue weighted by Gasteiger charge is 2.22. The van der Waals surface area contributed by atoms with E-state index < -0.39 is 5.97 Å². The molecule has 0 radical (unpaired) electrons. The van der Waals surface area contributed by atoms with Crippen LogP contribution in [0.25, 0.3) is 11.1 Å². The Labute approximate surface area is 134 Å². The molecule has 120 valence electrons. The highest BCUT2D eigenvalue weighted by atomic mass is 19.1. The molecule has 1 aliphatic heterocycles. The number of carbonyl (C=O) groups excluding carboxylic acids is 1. The molecular weight excluding hydrogens is 297 g/mol. The van der Waals surface area contributed by atoms with Crippen LogP contribution in [0.3, 0.4) is 0 Å². The second-order valence-electron chi connectivity index (χ2n) is 5.49. The molecule has 0 saturated heterocycles. The zero-order valence-electron chi connectivity index (χ0n) is 13.2. The molecular formula is C18H18FNO3. The van der Waals surface area contributed by atoms with Gasteiger partial charge in [-0.1, -0.05) is 12.1 Å². The molecule has 0 aliphatic carbocycles. The van der Waals surface area contributed by atoms with Gasteiger partial charge in [-0.15, -0.1) is 0 Å². The van der Waals surface area contributed by atoms with Crippen LogP contribution in [0, 0.1) is 12.7 Å². The van der Waals surface area contributed by atoms with Crippen molar-refractivity contribution < 1.29 is 18.7 Å². The number of fused-ring (bicyclic) bond motifs is 1. The molecule has 0 fully saturated rings. The summed E-state index contributed by atoms with van der Waals surface area (Å²) in [6.45, 7) is 4.73. The Balaban J connectivity index is 2.17. The monoisotopic (exact) mass is 315 g/mol. The van der Waals surface area contributed by atoms with Crippen molar-refractivity contribution >= 4 is 5.97 Å². The van der Waals surface area contributed by atoms with Gasteiger partial charge in [-0.2, -0.15) is 0 Å². The quantitative estimate of drug-likeness (QED) is 0.814. The van der Waals surface area contributed by atoms with Crippen LogP contribution >= 0.6 is 0 Å². The van der Waals surface area contributed by atoms with Crippen molar-refractivity contribution in [2.45, 2.75) is 26.9 Å². The first-order valence-electron chi connectivity index (χ1n) is 7.64. The van der Waals surface area contributed by atoms with E-state index in [-0.39, 0.29) is 18.1 Å². The molecule has 0 saturated carbocycles. The van der Waals surface area contributed by atoms with Crippen LogP contribution < -0.4 is 0 Å². The number of benzene rings is 1. The second kappa shape index (κ2) is 6.46. The van der Waals surface area contributed by atoms with Crippen LogP contribution in [0.1, 0.15) is 34.2 Å². The normalized spacial score (nSPS) is 13.5. The predicted molar refractivity (Wildman–Crippen MR) is 83.7 cm³/mol. The zero-order chi connectivity index (χ0) is 16.4. The number of hydrogen-bond donors (Lipinski definition) is 0. The van der Waals surface area contributed by atoms with Gasteiger partial charge in [0, 0.05) is 5.56 Å². The lowest BCUT2D eigenvalue weighted by molar-refractivity contribution is 0.0517. The molecule has 2 heterocycles. The number of rotatable bonds is 3. The van der Waals surface area contributed by atoms with Crippen molar-refractivity contribution in [2.24, 2.45) is 0 Å². The average molecular weight is 315 g/mol. The lowest BCUT2D eigenvalue weighted by Crippen LogP contribution is -2.17. The fourth-order valence-corrected chi connectivity index (χ4v) is 2.75. The summed E-state index contributed by atoms with van der Waals surface area (Å²) in [5.74, 6) is -0.811. The second-order valence-corrected chi connectivity index (χ2v) is 5.49. The topological polar surface area (TPSA) is 48.4 Å². The van der Waals surface area contributed by atoms with Gasteiger partial charge in [-0.3, -0.25) is 0 Å². The number of halogens is 1. The first kappa shape index (κ1) is 15.6. The Kier molecular flexibility index (Phi) is 4.39. The molecule has 1 aromatic heterocycles. The third-order valence-corrected chi connectivity index (χ3v) is 3.84. The van der Waals surface area contributed by atoms with Crippen LogP contribution in [0.5, 0.6) is 0 Å². The molecule has 4 nitrogen and oxygen atoms in total. The molecule has 0 N–H and O–H groups in total. The zero-order valence-corrected chi connectivity index (χ0v) is 13.2. The lowest BCUT2D eigenvalue weighted by atomic mass is 9.94. The van der Waals surface area contributed by atoms with Gasteiger partial charge in [0.15, 0.2) is 0 Å². The highest BCUT2D eigenvalue weighted by molar-refractivity contribution is 5.89. The molecule has 0 bridgehead atoms. The average Bonchev–Trinajstić information content (AvgIpc) is 2.54. The summed E-state index contributed by atoms with van der Waals surface area (Å²) < 4.78 is 24.9. The van der Waals surface area contributed by atoms with Crippen LogP contribution in [-0.2, 0) is 22.5 Å². The molecule has 0 atom stereocenters. The van der Waals surface area contributed by atoms with Crippen molar-refractivity contribution in [1.82, 2.24) is 4.98 Å². The van der Waals surface area contributed by atoms with E-state index in [4.69, 9.17) is 9.47 Å². The minimum atomic E-state index is -0.505. The smallest absolute Gasteiger partial charge is 0.356 e. The summed E-state index contributed by atoms with van der Waals surface area (Å²) in [5.41, 5.74) is 3.82. The van der Waals surface area contributed by atoms with E-state index in [2.05, 4.69) is 4.98 Å².